The Bertz CT molecular complexity index is 841. The largest absolute Gasteiger partial charge is 0.497 e. The molecule has 3 rings (SSSR count). The second-order valence-electron chi connectivity index (χ2n) is 4.55. The van der Waals surface area contributed by atoms with Crippen LogP contribution in [0.1, 0.15) is 15.6 Å². The molecule has 0 saturated carbocycles. The van der Waals surface area contributed by atoms with Crippen molar-refractivity contribution < 1.29 is 18.8 Å². The van der Waals surface area contributed by atoms with E-state index in [1.807, 2.05) is 12.1 Å². The second kappa shape index (κ2) is 7.45. The number of halogens is 2. The van der Waals surface area contributed by atoms with Crippen LogP contribution in [0.15, 0.2) is 43.1 Å². The molecule has 0 unspecified atom stereocenters. The number of thiophene rings is 1. The van der Waals surface area contributed by atoms with E-state index in [1.165, 1.54) is 11.3 Å². The van der Waals surface area contributed by atoms with Crippen LogP contribution in [0.3, 0.4) is 0 Å². The third-order valence-electron chi connectivity index (χ3n) is 2.99. The molecule has 3 aromatic rings. The van der Waals surface area contributed by atoms with E-state index in [-0.39, 0.29) is 12.5 Å². The van der Waals surface area contributed by atoms with Crippen molar-refractivity contribution in [2.45, 2.75) is 6.61 Å². The Morgan fingerprint density at radius 3 is 2.67 bits per heavy atom. The number of esters is 1. The zero-order valence-electron chi connectivity index (χ0n) is 12.3. The molecule has 0 spiro atoms. The predicted molar refractivity (Wildman–Crippen MR) is 95.1 cm³/mol. The molecule has 24 heavy (non-hydrogen) atoms. The highest BCUT2D eigenvalue weighted by molar-refractivity contribution is 9.13. The summed E-state index contributed by atoms with van der Waals surface area (Å²) in [4.78, 5) is 16.7. The standard InChI is InChI=1S/C15H10Br2N2O4S/c1-21-9-4-2-8(3-5-9)14-18-12(23-19-14)7-22-15(20)11-6-10(16)13(17)24-11/h2-6H,7H2,1H3. The maximum atomic E-state index is 12.0. The van der Waals surface area contributed by atoms with E-state index in [2.05, 4.69) is 42.0 Å². The van der Waals surface area contributed by atoms with Gasteiger partial charge in [0.2, 0.25) is 5.82 Å². The van der Waals surface area contributed by atoms with Gasteiger partial charge in [0.1, 0.15) is 10.6 Å². The fraction of sp³-hybridized carbons (Fsp3) is 0.133. The summed E-state index contributed by atoms with van der Waals surface area (Å²) in [6, 6.07) is 8.93. The Kier molecular flexibility index (Phi) is 5.32. The maximum absolute atomic E-state index is 12.0. The van der Waals surface area contributed by atoms with Crippen LogP contribution >= 0.6 is 43.2 Å². The molecule has 2 heterocycles. The van der Waals surface area contributed by atoms with Gasteiger partial charge in [0.05, 0.1) is 10.9 Å². The van der Waals surface area contributed by atoms with Crippen molar-refractivity contribution in [1.82, 2.24) is 10.1 Å². The number of aromatic nitrogens is 2. The normalized spacial score (nSPS) is 10.6. The van der Waals surface area contributed by atoms with Gasteiger partial charge in [0.25, 0.3) is 5.89 Å². The number of ether oxygens (including phenoxy) is 2. The molecular formula is C15H10Br2N2O4S. The van der Waals surface area contributed by atoms with E-state index < -0.39 is 5.97 Å². The van der Waals surface area contributed by atoms with Crippen molar-refractivity contribution in [3.05, 3.63) is 49.4 Å². The van der Waals surface area contributed by atoms with E-state index in [0.29, 0.717) is 10.7 Å². The van der Waals surface area contributed by atoms with Gasteiger partial charge in [-0.25, -0.2) is 4.79 Å². The lowest BCUT2D eigenvalue weighted by molar-refractivity contribution is 0.0435. The number of hydrogen-bond acceptors (Lipinski definition) is 7. The topological polar surface area (TPSA) is 74.5 Å². The molecule has 0 amide bonds. The number of hydrogen-bond donors (Lipinski definition) is 0. The number of benzene rings is 1. The van der Waals surface area contributed by atoms with Crippen molar-refractivity contribution in [3.8, 4) is 17.1 Å². The molecule has 9 heteroatoms. The van der Waals surface area contributed by atoms with Gasteiger partial charge in [0.15, 0.2) is 6.61 Å². The van der Waals surface area contributed by atoms with Crippen LogP contribution in [0.4, 0.5) is 0 Å². The summed E-state index contributed by atoms with van der Waals surface area (Å²) in [5.41, 5.74) is 0.781. The summed E-state index contributed by atoms with van der Waals surface area (Å²) in [5.74, 6) is 0.939. The van der Waals surface area contributed by atoms with Gasteiger partial charge in [-0.3, -0.25) is 0 Å². The minimum Gasteiger partial charge on any atom is -0.497 e. The zero-order valence-corrected chi connectivity index (χ0v) is 16.3. The molecule has 2 aromatic heterocycles. The molecule has 0 aliphatic rings. The van der Waals surface area contributed by atoms with Crippen LogP contribution in [-0.4, -0.2) is 23.2 Å². The van der Waals surface area contributed by atoms with Crippen molar-refractivity contribution in [2.24, 2.45) is 0 Å². The summed E-state index contributed by atoms with van der Waals surface area (Å²) >= 11 is 7.94. The Labute approximate surface area is 158 Å². The summed E-state index contributed by atoms with van der Waals surface area (Å²) < 4.78 is 17.0. The number of carbonyl (C=O) groups excluding carboxylic acids is 1. The van der Waals surface area contributed by atoms with E-state index in [4.69, 9.17) is 14.0 Å². The van der Waals surface area contributed by atoms with E-state index >= 15 is 0 Å². The smallest absolute Gasteiger partial charge is 0.348 e. The third-order valence-corrected chi connectivity index (χ3v) is 6.23. The first kappa shape index (κ1) is 17.1. The number of rotatable bonds is 5. The van der Waals surface area contributed by atoms with Crippen LogP contribution in [-0.2, 0) is 11.3 Å². The van der Waals surface area contributed by atoms with Crippen LogP contribution in [0.5, 0.6) is 5.75 Å². The van der Waals surface area contributed by atoms with Crippen molar-refractivity contribution in [1.29, 1.82) is 0 Å². The minimum absolute atomic E-state index is 0.0882. The molecule has 0 aliphatic heterocycles. The van der Waals surface area contributed by atoms with E-state index in [0.717, 1.165) is 19.6 Å². The van der Waals surface area contributed by atoms with Gasteiger partial charge in [-0.05, 0) is 62.2 Å². The number of carbonyl (C=O) groups is 1. The SMILES string of the molecule is COc1ccc(-c2noc(COC(=O)c3cc(Br)c(Br)s3)n2)cc1. The first-order chi connectivity index (χ1) is 11.6. The number of nitrogens with zero attached hydrogens (tertiary/aromatic N) is 2. The summed E-state index contributed by atoms with van der Waals surface area (Å²) in [7, 11) is 1.60. The van der Waals surface area contributed by atoms with Gasteiger partial charge in [0, 0.05) is 10.0 Å². The first-order valence-corrected chi connectivity index (χ1v) is 9.06. The van der Waals surface area contributed by atoms with Crippen molar-refractivity contribution in [2.75, 3.05) is 7.11 Å². The average Bonchev–Trinajstić information content (AvgIpc) is 3.20. The fourth-order valence-electron chi connectivity index (χ4n) is 1.82. The molecule has 0 aliphatic carbocycles. The molecule has 0 saturated heterocycles. The molecule has 0 bridgehead atoms. The quantitative estimate of drug-likeness (QED) is 0.500. The molecule has 0 atom stereocenters. The highest BCUT2D eigenvalue weighted by Crippen LogP contribution is 2.32. The molecule has 0 radical (unpaired) electrons. The minimum atomic E-state index is -0.449. The Morgan fingerprint density at radius 2 is 2.04 bits per heavy atom. The summed E-state index contributed by atoms with van der Waals surface area (Å²) in [5, 5.41) is 3.88. The monoisotopic (exact) mass is 472 g/mol. The van der Waals surface area contributed by atoms with Gasteiger partial charge in [-0.1, -0.05) is 5.16 Å². The average molecular weight is 474 g/mol. The van der Waals surface area contributed by atoms with Crippen LogP contribution < -0.4 is 4.74 Å². The number of methoxy groups -OCH3 is 1. The molecule has 0 N–H and O–H groups in total. The first-order valence-electron chi connectivity index (χ1n) is 6.66. The highest BCUT2D eigenvalue weighted by atomic mass is 79.9. The van der Waals surface area contributed by atoms with Crippen LogP contribution in [0.2, 0.25) is 0 Å². The molecule has 124 valence electrons. The maximum Gasteiger partial charge on any atom is 0.348 e. The Hall–Kier alpha value is -1.71. The predicted octanol–water partition coefficient (Wildman–Crippen LogP) is 4.69. The summed E-state index contributed by atoms with van der Waals surface area (Å²) in [6.07, 6.45) is 0. The molecular weight excluding hydrogens is 464 g/mol. The Balaban J connectivity index is 1.64. The Morgan fingerprint density at radius 1 is 1.29 bits per heavy atom. The molecule has 6 nitrogen and oxygen atoms in total. The molecule has 0 fully saturated rings. The zero-order chi connectivity index (χ0) is 17.1. The van der Waals surface area contributed by atoms with E-state index in [1.54, 1.807) is 25.3 Å². The van der Waals surface area contributed by atoms with Gasteiger partial charge in [-0.15, -0.1) is 11.3 Å². The second-order valence-corrected chi connectivity index (χ2v) is 7.77. The van der Waals surface area contributed by atoms with Crippen LogP contribution in [0, 0.1) is 0 Å². The lowest BCUT2D eigenvalue weighted by atomic mass is 10.2. The van der Waals surface area contributed by atoms with Crippen LogP contribution in [0.25, 0.3) is 11.4 Å². The fourth-order valence-corrected chi connectivity index (χ4v) is 3.75. The van der Waals surface area contributed by atoms with Gasteiger partial charge in [-0.2, -0.15) is 4.98 Å². The lowest BCUT2D eigenvalue weighted by Crippen LogP contribution is -2.03. The molecule has 1 aromatic carbocycles. The van der Waals surface area contributed by atoms with Gasteiger partial charge < -0.3 is 14.0 Å². The summed E-state index contributed by atoms with van der Waals surface area (Å²) in [6.45, 7) is -0.0882. The lowest BCUT2D eigenvalue weighted by Gasteiger charge is -1.99. The van der Waals surface area contributed by atoms with Crippen molar-refractivity contribution in [3.63, 3.8) is 0 Å². The van der Waals surface area contributed by atoms with Crippen molar-refractivity contribution >= 4 is 49.2 Å². The highest BCUT2D eigenvalue weighted by Gasteiger charge is 2.16. The van der Waals surface area contributed by atoms with E-state index in [9.17, 15) is 4.79 Å². The third kappa shape index (κ3) is 3.85. The van der Waals surface area contributed by atoms with Gasteiger partial charge >= 0.3 is 5.97 Å².